The number of ether oxygens (including phenoxy) is 1. The van der Waals surface area contributed by atoms with E-state index in [1.54, 1.807) is 0 Å². The van der Waals surface area contributed by atoms with Crippen LogP contribution in [0.3, 0.4) is 0 Å². The molecular formula is C15H16O2S. The Bertz CT molecular complexity index is 569. The summed E-state index contributed by atoms with van der Waals surface area (Å²) in [7, 11) is 1.41. The van der Waals surface area contributed by atoms with Crippen molar-refractivity contribution in [2.45, 2.75) is 19.3 Å². The maximum atomic E-state index is 11.5. The minimum Gasteiger partial charge on any atom is -0.465 e. The number of aryl methyl sites for hydroxylation is 1. The Labute approximate surface area is 111 Å². The van der Waals surface area contributed by atoms with Crippen molar-refractivity contribution >= 4 is 27.4 Å². The molecule has 0 atom stereocenters. The molecule has 2 aromatic rings. The highest BCUT2D eigenvalue weighted by Crippen LogP contribution is 2.29. The molecule has 1 aromatic heterocycles. The van der Waals surface area contributed by atoms with Crippen LogP contribution >= 0.6 is 11.3 Å². The Kier molecular flexibility index (Phi) is 4.15. The zero-order valence-electron chi connectivity index (χ0n) is 10.4. The smallest absolute Gasteiger partial charge is 0.348 e. The number of methoxy groups -OCH3 is 1. The lowest BCUT2D eigenvalue weighted by molar-refractivity contribution is 0.0606. The first kappa shape index (κ1) is 12.8. The molecular weight excluding hydrogens is 244 g/mol. The molecule has 0 saturated heterocycles. The molecule has 0 unspecified atom stereocenters. The number of hydrogen-bond acceptors (Lipinski definition) is 3. The highest BCUT2D eigenvalue weighted by atomic mass is 32.1. The van der Waals surface area contributed by atoms with Gasteiger partial charge in [-0.25, -0.2) is 4.79 Å². The summed E-state index contributed by atoms with van der Waals surface area (Å²) in [5, 5.41) is 1.17. The van der Waals surface area contributed by atoms with Gasteiger partial charge in [0.05, 0.1) is 7.11 Å². The Morgan fingerprint density at radius 1 is 1.50 bits per heavy atom. The van der Waals surface area contributed by atoms with Gasteiger partial charge >= 0.3 is 5.97 Å². The normalized spacial score (nSPS) is 10.5. The first-order chi connectivity index (χ1) is 8.76. The van der Waals surface area contributed by atoms with Crippen LogP contribution in [0.1, 0.15) is 28.1 Å². The largest absolute Gasteiger partial charge is 0.465 e. The molecule has 94 valence electrons. The van der Waals surface area contributed by atoms with Crippen molar-refractivity contribution < 1.29 is 9.53 Å². The first-order valence-electron chi connectivity index (χ1n) is 5.97. The zero-order chi connectivity index (χ0) is 13.0. The van der Waals surface area contributed by atoms with Crippen LogP contribution in [0.2, 0.25) is 0 Å². The van der Waals surface area contributed by atoms with E-state index in [1.165, 1.54) is 29.4 Å². The molecule has 18 heavy (non-hydrogen) atoms. The molecule has 0 fully saturated rings. The summed E-state index contributed by atoms with van der Waals surface area (Å²) >= 11 is 1.49. The van der Waals surface area contributed by atoms with Gasteiger partial charge in [-0.1, -0.05) is 18.2 Å². The Morgan fingerprint density at radius 3 is 3.06 bits per heavy atom. The summed E-state index contributed by atoms with van der Waals surface area (Å²) in [4.78, 5) is 12.2. The Morgan fingerprint density at radius 2 is 2.33 bits per heavy atom. The minimum atomic E-state index is -0.256. The molecule has 0 aliphatic carbocycles. The lowest BCUT2D eigenvalue weighted by Gasteiger charge is -2.01. The van der Waals surface area contributed by atoms with Gasteiger partial charge in [0.1, 0.15) is 4.88 Å². The quantitative estimate of drug-likeness (QED) is 0.457. The number of thiophene rings is 1. The highest BCUT2D eigenvalue weighted by molar-refractivity contribution is 7.20. The standard InChI is InChI=1S/C15H16O2S/c1-3-4-5-7-11-8-6-9-13-12(11)10-14(18-13)15(16)17-2/h3,6,8-10H,1,4-5,7H2,2H3. The molecule has 0 spiro atoms. The van der Waals surface area contributed by atoms with E-state index in [0.29, 0.717) is 4.88 Å². The van der Waals surface area contributed by atoms with E-state index < -0.39 is 0 Å². The summed E-state index contributed by atoms with van der Waals surface area (Å²) in [6.07, 6.45) is 5.06. The summed E-state index contributed by atoms with van der Waals surface area (Å²) < 4.78 is 5.91. The van der Waals surface area contributed by atoms with E-state index in [4.69, 9.17) is 4.74 Å². The predicted octanol–water partition coefficient (Wildman–Crippen LogP) is 4.20. The minimum absolute atomic E-state index is 0.256. The van der Waals surface area contributed by atoms with Gasteiger partial charge in [0.25, 0.3) is 0 Å². The van der Waals surface area contributed by atoms with E-state index in [1.807, 2.05) is 24.3 Å². The molecule has 1 aromatic carbocycles. The Hall–Kier alpha value is -1.61. The van der Waals surface area contributed by atoms with Crippen LogP contribution in [0.5, 0.6) is 0 Å². The summed E-state index contributed by atoms with van der Waals surface area (Å²) in [5.74, 6) is -0.256. The molecule has 0 N–H and O–H groups in total. The number of hydrogen-bond donors (Lipinski definition) is 0. The monoisotopic (exact) mass is 260 g/mol. The van der Waals surface area contributed by atoms with Gasteiger partial charge in [0, 0.05) is 4.70 Å². The van der Waals surface area contributed by atoms with Crippen molar-refractivity contribution in [3.05, 3.63) is 47.4 Å². The molecule has 0 radical (unpaired) electrons. The fraction of sp³-hybridized carbons (Fsp3) is 0.267. The number of unbranched alkanes of at least 4 members (excludes halogenated alkanes) is 1. The van der Waals surface area contributed by atoms with E-state index >= 15 is 0 Å². The molecule has 1 heterocycles. The predicted molar refractivity (Wildman–Crippen MR) is 76.3 cm³/mol. The van der Waals surface area contributed by atoms with Crippen LogP contribution in [0.4, 0.5) is 0 Å². The van der Waals surface area contributed by atoms with Crippen molar-refractivity contribution in [1.29, 1.82) is 0 Å². The van der Waals surface area contributed by atoms with Gasteiger partial charge in [-0.05, 0) is 42.3 Å². The van der Waals surface area contributed by atoms with E-state index in [2.05, 4.69) is 12.6 Å². The van der Waals surface area contributed by atoms with Crippen molar-refractivity contribution in [3.8, 4) is 0 Å². The third kappa shape index (κ3) is 2.62. The Balaban J connectivity index is 2.33. The first-order valence-corrected chi connectivity index (χ1v) is 6.78. The molecule has 0 bridgehead atoms. The number of carbonyl (C=O) groups excluding carboxylic acids is 1. The maximum absolute atomic E-state index is 11.5. The highest BCUT2D eigenvalue weighted by Gasteiger charge is 2.11. The average Bonchev–Trinajstić information content (AvgIpc) is 2.83. The van der Waals surface area contributed by atoms with Gasteiger partial charge < -0.3 is 4.74 Å². The van der Waals surface area contributed by atoms with E-state index in [9.17, 15) is 4.79 Å². The zero-order valence-corrected chi connectivity index (χ0v) is 11.3. The van der Waals surface area contributed by atoms with Crippen LogP contribution in [0, 0.1) is 0 Å². The second-order valence-corrected chi connectivity index (χ2v) is 5.20. The fourth-order valence-electron chi connectivity index (χ4n) is 1.98. The number of carbonyl (C=O) groups is 1. The van der Waals surface area contributed by atoms with Gasteiger partial charge in [0.2, 0.25) is 0 Å². The van der Waals surface area contributed by atoms with E-state index in [-0.39, 0.29) is 5.97 Å². The molecule has 0 aliphatic heterocycles. The molecule has 2 nitrogen and oxygen atoms in total. The van der Waals surface area contributed by atoms with Crippen LogP contribution in [0.15, 0.2) is 36.9 Å². The number of benzene rings is 1. The summed E-state index contributed by atoms with van der Waals surface area (Å²) in [6.45, 7) is 3.73. The molecule has 2 rings (SSSR count). The number of esters is 1. The van der Waals surface area contributed by atoms with Crippen LogP contribution < -0.4 is 0 Å². The van der Waals surface area contributed by atoms with Gasteiger partial charge in [0.15, 0.2) is 0 Å². The topological polar surface area (TPSA) is 26.3 Å². The summed E-state index contributed by atoms with van der Waals surface area (Å²) in [6, 6.07) is 8.15. The van der Waals surface area contributed by atoms with Crippen LogP contribution in [0.25, 0.3) is 10.1 Å². The third-order valence-electron chi connectivity index (χ3n) is 2.89. The molecule has 0 amide bonds. The second kappa shape index (κ2) is 5.83. The summed E-state index contributed by atoms with van der Waals surface area (Å²) in [5.41, 5.74) is 1.29. The molecule has 0 saturated carbocycles. The van der Waals surface area contributed by atoms with E-state index in [0.717, 1.165) is 24.0 Å². The van der Waals surface area contributed by atoms with Crippen molar-refractivity contribution in [2.75, 3.05) is 7.11 Å². The lowest BCUT2D eigenvalue weighted by atomic mass is 10.0. The number of rotatable bonds is 5. The average molecular weight is 260 g/mol. The molecule has 0 aliphatic rings. The van der Waals surface area contributed by atoms with Crippen LogP contribution in [-0.4, -0.2) is 13.1 Å². The van der Waals surface area contributed by atoms with Gasteiger partial charge in [-0.15, -0.1) is 17.9 Å². The van der Waals surface area contributed by atoms with Crippen molar-refractivity contribution in [3.63, 3.8) is 0 Å². The number of fused-ring (bicyclic) bond motifs is 1. The van der Waals surface area contributed by atoms with Crippen molar-refractivity contribution in [1.82, 2.24) is 0 Å². The number of allylic oxidation sites excluding steroid dienone is 1. The second-order valence-electron chi connectivity index (χ2n) is 4.11. The lowest BCUT2D eigenvalue weighted by Crippen LogP contribution is -1.96. The van der Waals surface area contributed by atoms with Gasteiger partial charge in [-0.2, -0.15) is 0 Å². The van der Waals surface area contributed by atoms with Gasteiger partial charge in [-0.3, -0.25) is 0 Å². The van der Waals surface area contributed by atoms with Crippen LogP contribution in [-0.2, 0) is 11.2 Å². The fourth-order valence-corrected chi connectivity index (χ4v) is 3.00. The molecule has 3 heteroatoms. The van der Waals surface area contributed by atoms with Crippen molar-refractivity contribution in [2.24, 2.45) is 0 Å². The maximum Gasteiger partial charge on any atom is 0.348 e. The third-order valence-corrected chi connectivity index (χ3v) is 3.97. The SMILES string of the molecule is C=CCCCc1cccc2sc(C(=O)OC)cc12.